The fourth-order valence-corrected chi connectivity index (χ4v) is 2.52. The average Bonchev–Trinajstić information content (AvgIpc) is 2.86. The number of carbonyl (C=O) groups excluding carboxylic acids is 2. The Balaban J connectivity index is 1.80. The van der Waals surface area contributed by atoms with Gasteiger partial charge in [0.05, 0.1) is 18.2 Å². The first-order valence-electron chi connectivity index (χ1n) is 7.66. The largest absolute Gasteiger partial charge is 0.356 e. The van der Waals surface area contributed by atoms with Gasteiger partial charge in [0.15, 0.2) is 0 Å². The third-order valence-corrected chi connectivity index (χ3v) is 3.74. The number of nitrogens with one attached hydrogen (secondary N) is 1. The van der Waals surface area contributed by atoms with Crippen molar-refractivity contribution in [1.82, 2.24) is 15.2 Å². The highest BCUT2D eigenvalue weighted by Crippen LogP contribution is 2.19. The molecule has 1 aromatic heterocycles. The van der Waals surface area contributed by atoms with Gasteiger partial charge in [-0.3, -0.25) is 14.6 Å². The summed E-state index contributed by atoms with van der Waals surface area (Å²) in [6, 6.07) is 5.65. The zero-order valence-corrected chi connectivity index (χ0v) is 12.5. The third-order valence-electron chi connectivity index (χ3n) is 3.74. The van der Waals surface area contributed by atoms with E-state index in [4.69, 9.17) is 0 Å². The van der Waals surface area contributed by atoms with E-state index in [-0.39, 0.29) is 17.7 Å². The summed E-state index contributed by atoms with van der Waals surface area (Å²) in [6.45, 7) is 3.82. The predicted molar refractivity (Wildman–Crippen MR) is 80.3 cm³/mol. The van der Waals surface area contributed by atoms with E-state index in [2.05, 4.69) is 17.2 Å². The second-order valence-electron chi connectivity index (χ2n) is 5.49. The molecule has 0 spiro atoms. The van der Waals surface area contributed by atoms with Gasteiger partial charge in [-0.05, 0) is 18.6 Å². The molecule has 114 valence electrons. The number of rotatable bonds is 7. The van der Waals surface area contributed by atoms with E-state index in [1.165, 1.54) is 0 Å². The molecule has 1 saturated heterocycles. The van der Waals surface area contributed by atoms with Crippen molar-refractivity contribution in [2.75, 3.05) is 13.1 Å². The van der Waals surface area contributed by atoms with Crippen LogP contribution in [0.25, 0.3) is 0 Å². The van der Waals surface area contributed by atoms with E-state index in [9.17, 15) is 9.59 Å². The van der Waals surface area contributed by atoms with Crippen LogP contribution < -0.4 is 5.32 Å². The molecule has 0 saturated carbocycles. The number of hydrogen-bond donors (Lipinski definition) is 1. The molecule has 1 N–H and O–H groups in total. The summed E-state index contributed by atoms with van der Waals surface area (Å²) in [4.78, 5) is 30.0. The lowest BCUT2D eigenvalue weighted by molar-refractivity contribution is -0.129. The predicted octanol–water partition coefficient (Wildman–Crippen LogP) is 1.74. The Hall–Kier alpha value is -1.91. The van der Waals surface area contributed by atoms with Crippen molar-refractivity contribution < 1.29 is 9.59 Å². The molecule has 5 nitrogen and oxygen atoms in total. The van der Waals surface area contributed by atoms with Gasteiger partial charge < -0.3 is 10.2 Å². The molecular formula is C16H23N3O2. The fourth-order valence-electron chi connectivity index (χ4n) is 2.52. The van der Waals surface area contributed by atoms with Crippen molar-refractivity contribution in [2.45, 2.75) is 39.2 Å². The zero-order chi connectivity index (χ0) is 15.1. The lowest BCUT2D eigenvalue weighted by Gasteiger charge is -2.16. The highest BCUT2D eigenvalue weighted by Gasteiger charge is 2.34. The molecule has 5 heteroatoms. The van der Waals surface area contributed by atoms with Gasteiger partial charge in [0.1, 0.15) is 0 Å². The van der Waals surface area contributed by atoms with Gasteiger partial charge >= 0.3 is 0 Å². The van der Waals surface area contributed by atoms with Crippen LogP contribution >= 0.6 is 0 Å². The summed E-state index contributed by atoms with van der Waals surface area (Å²) in [5.41, 5.74) is 0.856. The van der Waals surface area contributed by atoms with Crippen molar-refractivity contribution in [1.29, 1.82) is 0 Å². The molecule has 21 heavy (non-hydrogen) atoms. The minimum absolute atomic E-state index is 0.00275. The Labute approximate surface area is 125 Å². The molecule has 1 aromatic rings. The number of carbonyl (C=O) groups is 2. The van der Waals surface area contributed by atoms with E-state index in [1.54, 1.807) is 11.1 Å². The normalized spacial score (nSPS) is 18.0. The number of aromatic nitrogens is 1. The number of nitrogens with zero attached hydrogens (tertiary/aromatic N) is 2. The Morgan fingerprint density at radius 1 is 1.43 bits per heavy atom. The maximum Gasteiger partial charge on any atom is 0.225 e. The molecule has 0 aliphatic carbocycles. The van der Waals surface area contributed by atoms with Crippen LogP contribution in [0.1, 0.15) is 38.3 Å². The van der Waals surface area contributed by atoms with Gasteiger partial charge in [0.25, 0.3) is 0 Å². The Morgan fingerprint density at radius 2 is 2.29 bits per heavy atom. The summed E-state index contributed by atoms with van der Waals surface area (Å²) in [5.74, 6) is -0.180. The SMILES string of the molecule is CCCCCNC(=O)C1CC(=O)N(Cc2ccccn2)C1. The second-order valence-corrected chi connectivity index (χ2v) is 5.49. The van der Waals surface area contributed by atoms with Crippen LogP contribution in [-0.2, 0) is 16.1 Å². The molecule has 1 atom stereocenters. The average molecular weight is 289 g/mol. The quantitative estimate of drug-likeness (QED) is 0.778. The molecule has 2 rings (SSSR count). The Morgan fingerprint density at radius 3 is 3.00 bits per heavy atom. The van der Waals surface area contributed by atoms with Gasteiger partial charge in [0.2, 0.25) is 11.8 Å². The van der Waals surface area contributed by atoms with Crippen molar-refractivity contribution in [3.8, 4) is 0 Å². The summed E-state index contributed by atoms with van der Waals surface area (Å²) in [6.07, 6.45) is 5.28. The van der Waals surface area contributed by atoms with Crippen molar-refractivity contribution >= 4 is 11.8 Å². The summed E-state index contributed by atoms with van der Waals surface area (Å²) >= 11 is 0. The lowest BCUT2D eigenvalue weighted by Crippen LogP contribution is -2.33. The molecule has 2 heterocycles. The van der Waals surface area contributed by atoms with Crippen LogP contribution in [0.3, 0.4) is 0 Å². The standard InChI is InChI=1S/C16H23N3O2/c1-2-3-5-9-18-16(21)13-10-15(20)19(11-13)12-14-7-4-6-8-17-14/h4,6-8,13H,2-3,5,9-12H2,1H3,(H,18,21). The lowest BCUT2D eigenvalue weighted by atomic mass is 10.1. The highest BCUT2D eigenvalue weighted by molar-refractivity contribution is 5.89. The van der Waals surface area contributed by atoms with Crippen LogP contribution in [0.2, 0.25) is 0 Å². The molecule has 2 amide bonds. The van der Waals surface area contributed by atoms with Crippen LogP contribution in [-0.4, -0.2) is 34.8 Å². The number of amides is 2. The van der Waals surface area contributed by atoms with Crippen LogP contribution in [0.5, 0.6) is 0 Å². The number of unbranched alkanes of at least 4 members (excludes halogenated alkanes) is 2. The van der Waals surface area contributed by atoms with Gasteiger partial charge in [-0.2, -0.15) is 0 Å². The van der Waals surface area contributed by atoms with Crippen molar-refractivity contribution in [3.05, 3.63) is 30.1 Å². The monoisotopic (exact) mass is 289 g/mol. The molecule has 1 aliphatic rings. The second kappa shape index (κ2) is 7.76. The summed E-state index contributed by atoms with van der Waals surface area (Å²) < 4.78 is 0. The molecule has 0 bridgehead atoms. The Bertz CT molecular complexity index is 476. The minimum Gasteiger partial charge on any atom is -0.356 e. The van der Waals surface area contributed by atoms with Crippen molar-refractivity contribution in [3.63, 3.8) is 0 Å². The Kier molecular flexibility index (Phi) is 5.72. The van der Waals surface area contributed by atoms with E-state index in [1.807, 2.05) is 18.2 Å². The first-order chi connectivity index (χ1) is 10.2. The van der Waals surface area contributed by atoms with Crippen LogP contribution in [0.15, 0.2) is 24.4 Å². The topological polar surface area (TPSA) is 62.3 Å². The maximum absolute atomic E-state index is 12.0. The molecule has 0 radical (unpaired) electrons. The van der Waals surface area contributed by atoms with E-state index in [0.717, 1.165) is 25.0 Å². The van der Waals surface area contributed by atoms with E-state index < -0.39 is 0 Å². The van der Waals surface area contributed by atoms with Crippen molar-refractivity contribution in [2.24, 2.45) is 5.92 Å². The number of likely N-dealkylation sites (tertiary alicyclic amines) is 1. The smallest absolute Gasteiger partial charge is 0.225 e. The third kappa shape index (κ3) is 4.55. The first kappa shape index (κ1) is 15.5. The highest BCUT2D eigenvalue weighted by atomic mass is 16.2. The van der Waals surface area contributed by atoms with Gasteiger partial charge in [-0.15, -0.1) is 0 Å². The molecule has 0 aromatic carbocycles. The summed E-state index contributed by atoms with van der Waals surface area (Å²) in [5, 5.41) is 2.93. The van der Waals surface area contributed by atoms with Gasteiger partial charge in [0, 0.05) is 25.7 Å². The fraction of sp³-hybridized carbons (Fsp3) is 0.562. The van der Waals surface area contributed by atoms with Gasteiger partial charge in [-0.1, -0.05) is 25.8 Å². The maximum atomic E-state index is 12.0. The van der Waals surface area contributed by atoms with Crippen LogP contribution in [0, 0.1) is 5.92 Å². The summed E-state index contributed by atoms with van der Waals surface area (Å²) in [7, 11) is 0. The van der Waals surface area contributed by atoms with Crippen LogP contribution in [0.4, 0.5) is 0 Å². The zero-order valence-electron chi connectivity index (χ0n) is 12.5. The minimum atomic E-state index is -0.220. The first-order valence-corrected chi connectivity index (χ1v) is 7.66. The van der Waals surface area contributed by atoms with E-state index >= 15 is 0 Å². The van der Waals surface area contributed by atoms with Gasteiger partial charge in [-0.25, -0.2) is 0 Å². The molecule has 1 fully saturated rings. The molecular weight excluding hydrogens is 266 g/mol. The number of hydrogen-bond acceptors (Lipinski definition) is 3. The molecule has 1 unspecified atom stereocenters. The van der Waals surface area contributed by atoms with E-state index in [0.29, 0.717) is 26.1 Å². The number of pyridine rings is 1. The molecule has 1 aliphatic heterocycles.